The molecule has 1 nitrogen and oxygen atoms in total. The van der Waals surface area contributed by atoms with Gasteiger partial charge < -0.3 is 5.32 Å². The highest BCUT2D eigenvalue weighted by molar-refractivity contribution is 6.35. The average molecular weight is 329 g/mol. The van der Waals surface area contributed by atoms with Crippen molar-refractivity contribution in [2.45, 2.75) is 19.0 Å². The highest BCUT2D eigenvalue weighted by Gasteiger charge is 2.25. The van der Waals surface area contributed by atoms with Gasteiger partial charge in [-0.05, 0) is 24.6 Å². The zero-order valence-corrected chi connectivity index (χ0v) is 13.4. The lowest BCUT2D eigenvalue weighted by atomic mass is 9.94. The molecule has 1 unspecified atom stereocenters. The van der Waals surface area contributed by atoms with E-state index < -0.39 is 0 Å². The summed E-state index contributed by atoms with van der Waals surface area (Å²) < 4.78 is 0. The summed E-state index contributed by atoms with van der Waals surface area (Å²) in [6, 6.07) is 15.6. The molecule has 2 aromatic rings. The summed E-state index contributed by atoms with van der Waals surface area (Å²) in [6.45, 7) is 2.64. The third-order valence-electron chi connectivity index (χ3n) is 3.40. The Morgan fingerprint density at radius 2 is 1.55 bits per heavy atom. The average Bonchev–Trinajstić information content (AvgIpc) is 2.47. The predicted molar refractivity (Wildman–Crippen MR) is 87.8 cm³/mol. The fourth-order valence-corrected chi connectivity index (χ4v) is 2.80. The zero-order valence-electron chi connectivity index (χ0n) is 11.2. The molecule has 4 heteroatoms. The van der Waals surface area contributed by atoms with Crippen molar-refractivity contribution in [1.82, 2.24) is 5.32 Å². The van der Waals surface area contributed by atoms with Crippen LogP contribution in [0, 0.1) is 0 Å². The van der Waals surface area contributed by atoms with Crippen LogP contribution in [0.4, 0.5) is 0 Å². The maximum Gasteiger partial charge on any atom is 0.0545 e. The molecule has 0 amide bonds. The van der Waals surface area contributed by atoms with Crippen molar-refractivity contribution in [3.05, 3.63) is 69.7 Å². The molecule has 1 N–H and O–H groups in total. The van der Waals surface area contributed by atoms with Crippen LogP contribution in [0.2, 0.25) is 10.0 Å². The smallest absolute Gasteiger partial charge is 0.0545 e. The number of hydrogen-bond acceptors (Lipinski definition) is 1. The number of alkyl halides is 1. The zero-order chi connectivity index (χ0) is 14.6. The molecule has 2 rings (SSSR count). The predicted octanol–water partition coefficient (Wildman–Crippen LogP) is 5.24. The molecule has 0 saturated carbocycles. The van der Waals surface area contributed by atoms with Crippen LogP contribution in [0.5, 0.6) is 0 Å². The fourth-order valence-electron chi connectivity index (χ4n) is 2.02. The molecule has 0 spiro atoms. The summed E-state index contributed by atoms with van der Waals surface area (Å²) in [7, 11) is 0. The first kappa shape index (κ1) is 15.7. The first-order valence-corrected chi connectivity index (χ1v) is 7.65. The Balaban J connectivity index is 2.20. The van der Waals surface area contributed by atoms with Gasteiger partial charge in [-0.3, -0.25) is 0 Å². The molecule has 0 heterocycles. The van der Waals surface area contributed by atoms with Gasteiger partial charge >= 0.3 is 0 Å². The largest absolute Gasteiger partial charge is 0.302 e. The number of hydrogen-bond donors (Lipinski definition) is 1. The van der Waals surface area contributed by atoms with Crippen molar-refractivity contribution < 1.29 is 0 Å². The summed E-state index contributed by atoms with van der Waals surface area (Å²) in [6.07, 6.45) is 0. The van der Waals surface area contributed by atoms with E-state index >= 15 is 0 Å². The fraction of sp³-hybridized carbons (Fsp3) is 0.250. The van der Waals surface area contributed by atoms with E-state index in [-0.39, 0.29) is 5.54 Å². The van der Waals surface area contributed by atoms with Crippen LogP contribution >= 0.6 is 34.8 Å². The van der Waals surface area contributed by atoms with Crippen LogP contribution in [-0.2, 0) is 12.1 Å². The topological polar surface area (TPSA) is 12.0 Å². The molecular weight excluding hydrogens is 313 g/mol. The highest BCUT2D eigenvalue weighted by atomic mass is 35.5. The standard InChI is InChI=1S/C16H16Cl3N/c1-16(11-17,12-6-3-2-4-7-12)20-10-13-14(18)8-5-9-15(13)19/h2-9,20H,10-11H2,1H3. The third kappa shape index (κ3) is 3.48. The summed E-state index contributed by atoms with van der Waals surface area (Å²) in [4.78, 5) is 0. The Kier molecular flexibility index (Phi) is 5.34. The quantitative estimate of drug-likeness (QED) is 0.740. The van der Waals surface area contributed by atoms with Gasteiger partial charge in [0.2, 0.25) is 0 Å². The van der Waals surface area contributed by atoms with Crippen molar-refractivity contribution in [3.63, 3.8) is 0 Å². The van der Waals surface area contributed by atoms with Gasteiger partial charge in [-0.25, -0.2) is 0 Å². The minimum atomic E-state index is -0.328. The lowest BCUT2D eigenvalue weighted by molar-refractivity contribution is 0.407. The van der Waals surface area contributed by atoms with Crippen LogP contribution in [0.3, 0.4) is 0 Å². The van der Waals surface area contributed by atoms with E-state index in [1.807, 2.05) is 36.4 Å². The van der Waals surface area contributed by atoms with E-state index in [9.17, 15) is 0 Å². The van der Waals surface area contributed by atoms with Crippen LogP contribution in [0.1, 0.15) is 18.1 Å². The maximum absolute atomic E-state index is 6.19. The van der Waals surface area contributed by atoms with Crippen molar-refractivity contribution in [3.8, 4) is 0 Å². The molecule has 0 aliphatic rings. The monoisotopic (exact) mass is 327 g/mol. The number of benzene rings is 2. The molecule has 0 radical (unpaired) electrons. The van der Waals surface area contributed by atoms with E-state index in [0.29, 0.717) is 22.5 Å². The Morgan fingerprint density at radius 3 is 2.10 bits per heavy atom. The summed E-state index contributed by atoms with van der Waals surface area (Å²) in [5, 5.41) is 4.78. The summed E-state index contributed by atoms with van der Waals surface area (Å²) >= 11 is 18.5. The first-order valence-electron chi connectivity index (χ1n) is 6.36. The molecule has 0 saturated heterocycles. The Morgan fingerprint density at radius 1 is 0.950 bits per heavy atom. The van der Waals surface area contributed by atoms with Crippen LogP contribution < -0.4 is 5.32 Å². The SMILES string of the molecule is CC(CCl)(NCc1c(Cl)cccc1Cl)c1ccccc1. The second-order valence-corrected chi connectivity index (χ2v) is 5.97. The van der Waals surface area contributed by atoms with Gasteiger partial charge in [0.15, 0.2) is 0 Å². The van der Waals surface area contributed by atoms with Gasteiger partial charge in [0.05, 0.1) is 5.54 Å². The maximum atomic E-state index is 6.19. The number of rotatable bonds is 5. The van der Waals surface area contributed by atoms with E-state index in [4.69, 9.17) is 34.8 Å². The second-order valence-electron chi connectivity index (χ2n) is 4.89. The lowest BCUT2D eigenvalue weighted by Crippen LogP contribution is -2.40. The Bertz CT molecular complexity index is 551. The minimum Gasteiger partial charge on any atom is -0.302 e. The van der Waals surface area contributed by atoms with Gasteiger partial charge in [-0.2, -0.15) is 0 Å². The Hall–Kier alpha value is -0.730. The minimum absolute atomic E-state index is 0.328. The van der Waals surface area contributed by atoms with Crippen molar-refractivity contribution >= 4 is 34.8 Å². The lowest BCUT2D eigenvalue weighted by Gasteiger charge is -2.30. The summed E-state index contributed by atoms with van der Waals surface area (Å²) in [5.41, 5.74) is 1.70. The Labute approximate surface area is 134 Å². The second kappa shape index (κ2) is 6.82. The molecule has 0 aliphatic heterocycles. The molecule has 0 fully saturated rings. The van der Waals surface area contributed by atoms with Crippen LogP contribution in [0.15, 0.2) is 48.5 Å². The van der Waals surface area contributed by atoms with Crippen molar-refractivity contribution in [2.75, 3.05) is 5.88 Å². The molecule has 0 aliphatic carbocycles. The highest BCUT2D eigenvalue weighted by Crippen LogP contribution is 2.27. The van der Waals surface area contributed by atoms with Crippen LogP contribution in [0.25, 0.3) is 0 Å². The third-order valence-corrected chi connectivity index (χ3v) is 4.64. The molecule has 20 heavy (non-hydrogen) atoms. The molecular formula is C16H16Cl3N. The van der Waals surface area contributed by atoms with E-state index in [1.165, 1.54) is 0 Å². The van der Waals surface area contributed by atoms with Gasteiger partial charge in [0.25, 0.3) is 0 Å². The molecule has 0 aromatic heterocycles. The molecule has 106 valence electrons. The summed E-state index contributed by atoms with van der Waals surface area (Å²) in [5.74, 6) is 0.457. The molecule has 2 aromatic carbocycles. The number of nitrogens with one attached hydrogen (secondary N) is 1. The first-order chi connectivity index (χ1) is 9.57. The van der Waals surface area contributed by atoms with E-state index in [1.54, 1.807) is 0 Å². The van der Waals surface area contributed by atoms with Gasteiger partial charge in [0.1, 0.15) is 0 Å². The van der Waals surface area contributed by atoms with Gasteiger partial charge in [-0.1, -0.05) is 59.6 Å². The number of halogens is 3. The van der Waals surface area contributed by atoms with Crippen LogP contribution in [-0.4, -0.2) is 5.88 Å². The van der Waals surface area contributed by atoms with Gasteiger partial charge in [-0.15, -0.1) is 11.6 Å². The molecule has 1 atom stereocenters. The van der Waals surface area contributed by atoms with E-state index in [0.717, 1.165) is 11.1 Å². The van der Waals surface area contributed by atoms with Crippen molar-refractivity contribution in [1.29, 1.82) is 0 Å². The normalized spacial score (nSPS) is 14.0. The van der Waals surface area contributed by atoms with Gasteiger partial charge in [0, 0.05) is 28.0 Å². The van der Waals surface area contributed by atoms with E-state index in [2.05, 4.69) is 24.4 Å². The van der Waals surface area contributed by atoms with Crippen molar-refractivity contribution in [2.24, 2.45) is 0 Å². The molecule has 0 bridgehead atoms.